The molecule has 1 aliphatic heterocycles. The summed E-state index contributed by atoms with van der Waals surface area (Å²) in [6, 6.07) is 9.11. The van der Waals surface area contributed by atoms with Gasteiger partial charge in [-0.05, 0) is 12.1 Å². The van der Waals surface area contributed by atoms with Crippen LogP contribution in [-0.2, 0) is 9.59 Å². The smallest absolute Gasteiger partial charge is 0.316 e. The molecule has 0 aromatic heterocycles. The lowest BCUT2D eigenvalue weighted by atomic mass is 10.2. The van der Waals surface area contributed by atoms with Gasteiger partial charge in [0.05, 0.1) is 6.61 Å². The van der Waals surface area contributed by atoms with Gasteiger partial charge in [-0.15, -0.1) is 0 Å². The highest BCUT2D eigenvalue weighted by Gasteiger charge is 2.32. The zero-order valence-corrected chi connectivity index (χ0v) is 9.37. The molecule has 2 rings (SSSR count). The quantitative estimate of drug-likeness (QED) is 0.740. The molecule has 1 fully saturated rings. The molecule has 1 heterocycles. The number of para-hydroxylation sites is 1. The molecular formula is C12H14N2O3. The molecule has 1 aliphatic rings. The first kappa shape index (κ1) is 11.6. The van der Waals surface area contributed by atoms with Crippen LogP contribution in [0.3, 0.4) is 0 Å². The minimum Gasteiger partial charge on any atom is -0.395 e. The van der Waals surface area contributed by atoms with E-state index < -0.39 is 11.8 Å². The first-order chi connectivity index (χ1) is 8.24. The van der Waals surface area contributed by atoms with E-state index in [1.54, 1.807) is 12.1 Å². The minimum absolute atomic E-state index is 0.121. The van der Waals surface area contributed by atoms with Crippen LogP contribution in [0, 0.1) is 0 Å². The first-order valence-corrected chi connectivity index (χ1v) is 5.50. The monoisotopic (exact) mass is 234 g/mol. The zero-order chi connectivity index (χ0) is 12.3. The number of carbonyl (C=O) groups is 2. The molecule has 0 saturated carbocycles. The van der Waals surface area contributed by atoms with Gasteiger partial charge in [0.25, 0.3) is 0 Å². The molecular weight excluding hydrogens is 220 g/mol. The van der Waals surface area contributed by atoms with Crippen molar-refractivity contribution < 1.29 is 14.7 Å². The van der Waals surface area contributed by atoms with E-state index >= 15 is 0 Å². The number of piperazine rings is 1. The molecule has 0 aliphatic carbocycles. The summed E-state index contributed by atoms with van der Waals surface area (Å²) in [5.41, 5.74) is 0.731. The number of anilines is 1. The Morgan fingerprint density at radius 2 is 1.76 bits per heavy atom. The van der Waals surface area contributed by atoms with Gasteiger partial charge in [-0.3, -0.25) is 9.59 Å². The Kier molecular flexibility index (Phi) is 3.39. The Bertz CT molecular complexity index is 419. The topological polar surface area (TPSA) is 60.9 Å². The third-order valence-electron chi connectivity index (χ3n) is 2.75. The summed E-state index contributed by atoms with van der Waals surface area (Å²) in [5, 5.41) is 8.79. The third-order valence-corrected chi connectivity index (χ3v) is 2.75. The maximum absolute atomic E-state index is 11.9. The fourth-order valence-electron chi connectivity index (χ4n) is 1.86. The van der Waals surface area contributed by atoms with E-state index in [1.807, 2.05) is 18.2 Å². The second kappa shape index (κ2) is 4.97. The molecule has 0 atom stereocenters. The summed E-state index contributed by atoms with van der Waals surface area (Å²) in [6.07, 6.45) is 0. The van der Waals surface area contributed by atoms with Crippen LogP contribution in [0.2, 0.25) is 0 Å². The summed E-state index contributed by atoms with van der Waals surface area (Å²) in [5.74, 6) is -1.08. The highest BCUT2D eigenvalue weighted by atomic mass is 16.3. The summed E-state index contributed by atoms with van der Waals surface area (Å²) < 4.78 is 0. The van der Waals surface area contributed by atoms with Crippen LogP contribution in [-0.4, -0.2) is 48.1 Å². The highest BCUT2D eigenvalue weighted by Crippen LogP contribution is 2.16. The Morgan fingerprint density at radius 1 is 1.06 bits per heavy atom. The van der Waals surface area contributed by atoms with Crippen molar-refractivity contribution in [3.05, 3.63) is 30.3 Å². The van der Waals surface area contributed by atoms with E-state index in [4.69, 9.17) is 5.11 Å². The van der Waals surface area contributed by atoms with Crippen LogP contribution < -0.4 is 4.90 Å². The second-order valence-corrected chi connectivity index (χ2v) is 3.81. The molecule has 0 spiro atoms. The highest BCUT2D eigenvalue weighted by molar-refractivity contribution is 6.40. The Hall–Kier alpha value is -1.88. The van der Waals surface area contributed by atoms with Gasteiger partial charge in [0.15, 0.2) is 0 Å². The van der Waals surface area contributed by atoms with E-state index in [1.165, 1.54) is 9.80 Å². The molecule has 2 amide bonds. The van der Waals surface area contributed by atoms with Gasteiger partial charge < -0.3 is 14.9 Å². The number of rotatable bonds is 3. The molecule has 17 heavy (non-hydrogen) atoms. The predicted octanol–water partition coefficient (Wildman–Crippen LogP) is -0.146. The molecule has 1 saturated heterocycles. The van der Waals surface area contributed by atoms with E-state index in [0.717, 1.165) is 5.69 Å². The van der Waals surface area contributed by atoms with Crippen molar-refractivity contribution >= 4 is 17.5 Å². The van der Waals surface area contributed by atoms with Gasteiger partial charge >= 0.3 is 11.8 Å². The molecule has 90 valence electrons. The van der Waals surface area contributed by atoms with Gasteiger partial charge in [0, 0.05) is 25.3 Å². The minimum atomic E-state index is -0.547. The fraction of sp³-hybridized carbons (Fsp3) is 0.333. The van der Waals surface area contributed by atoms with E-state index in [0.29, 0.717) is 13.1 Å². The van der Waals surface area contributed by atoms with Gasteiger partial charge in [0.1, 0.15) is 0 Å². The van der Waals surface area contributed by atoms with Crippen LogP contribution in [0.5, 0.6) is 0 Å². The average Bonchev–Trinajstić information content (AvgIpc) is 2.36. The summed E-state index contributed by atoms with van der Waals surface area (Å²) >= 11 is 0. The summed E-state index contributed by atoms with van der Waals surface area (Å²) in [7, 11) is 0. The maximum atomic E-state index is 11.9. The van der Waals surface area contributed by atoms with Crippen LogP contribution >= 0.6 is 0 Å². The average molecular weight is 234 g/mol. The molecule has 0 radical (unpaired) electrons. The summed E-state index contributed by atoms with van der Waals surface area (Å²) in [4.78, 5) is 26.4. The lowest BCUT2D eigenvalue weighted by Crippen LogP contribution is -2.55. The Balaban J connectivity index is 2.14. The number of amides is 2. The van der Waals surface area contributed by atoms with E-state index in [2.05, 4.69) is 0 Å². The van der Waals surface area contributed by atoms with E-state index in [-0.39, 0.29) is 13.2 Å². The molecule has 1 N–H and O–H groups in total. The molecule has 0 bridgehead atoms. The van der Waals surface area contributed by atoms with E-state index in [9.17, 15) is 9.59 Å². The van der Waals surface area contributed by atoms with Crippen molar-refractivity contribution in [2.24, 2.45) is 0 Å². The Morgan fingerprint density at radius 3 is 2.41 bits per heavy atom. The number of hydrogen-bond donors (Lipinski definition) is 1. The van der Waals surface area contributed by atoms with Crippen molar-refractivity contribution in [1.82, 2.24) is 4.90 Å². The van der Waals surface area contributed by atoms with Crippen LogP contribution in [0.25, 0.3) is 0 Å². The van der Waals surface area contributed by atoms with Crippen LogP contribution in [0.1, 0.15) is 0 Å². The number of aliphatic hydroxyl groups is 1. The number of nitrogens with zero attached hydrogens (tertiary/aromatic N) is 2. The predicted molar refractivity (Wildman–Crippen MR) is 62.5 cm³/mol. The first-order valence-electron chi connectivity index (χ1n) is 5.50. The lowest BCUT2D eigenvalue weighted by Gasteiger charge is -2.33. The summed E-state index contributed by atoms with van der Waals surface area (Å²) in [6.45, 7) is 1.02. The van der Waals surface area contributed by atoms with Crippen molar-refractivity contribution in [2.45, 2.75) is 0 Å². The molecule has 5 heteroatoms. The largest absolute Gasteiger partial charge is 0.395 e. The number of β-amino-alcohol motifs (C(OH)–C–C–N with tert-alkyl or cyclic N) is 1. The fourth-order valence-corrected chi connectivity index (χ4v) is 1.86. The lowest BCUT2D eigenvalue weighted by molar-refractivity contribution is -0.146. The zero-order valence-electron chi connectivity index (χ0n) is 9.37. The van der Waals surface area contributed by atoms with Gasteiger partial charge in [-0.25, -0.2) is 0 Å². The maximum Gasteiger partial charge on any atom is 0.316 e. The molecule has 1 aromatic carbocycles. The van der Waals surface area contributed by atoms with Crippen molar-refractivity contribution in [2.75, 3.05) is 31.1 Å². The van der Waals surface area contributed by atoms with Crippen molar-refractivity contribution in [3.8, 4) is 0 Å². The SMILES string of the molecule is O=C1C(=O)N(c2ccccc2)CCN1CCO. The van der Waals surface area contributed by atoms with Gasteiger partial charge in [-0.1, -0.05) is 18.2 Å². The third kappa shape index (κ3) is 2.29. The second-order valence-electron chi connectivity index (χ2n) is 3.81. The van der Waals surface area contributed by atoms with Crippen LogP contribution in [0.4, 0.5) is 5.69 Å². The van der Waals surface area contributed by atoms with Gasteiger partial charge in [0.2, 0.25) is 0 Å². The number of benzene rings is 1. The molecule has 0 unspecified atom stereocenters. The van der Waals surface area contributed by atoms with Crippen molar-refractivity contribution in [3.63, 3.8) is 0 Å². The Labute approximate surface area is 99.3 Å². The standard InChI is InChI=1S/C12H14N2O3/c15-9-8-13-6-7-14(12(17)11(13)16)10-4-2-1-3-5-10/h1-5,15H,6-9H2. The van der Waals surface area contributed by atoms with Gasteiger partial charge in [-0.2, -0.15) is 0 Å². The number of carbonyl (C=O) groups excluding carboxylic acids is 2. The van der Waals surface area contributed by atoms with Crippen molar-refractivity contribution in [1.29, 1.82) is 0 Å². The molecule has 5 nitrogen and oxygen atoms in total. The van der Waals surface area contributed by atoms with Crippen LogP contribution in [0.15, 0.2) is 30.3 Å². The number of aliphatic hydroxyl groups excluding tert-OH is 1. The molecule has 1 aromatic rings. The number of hydrogen-bond acceptors (Lipinski definition) is 3. The normalized spacial score (nSPS) is 16.5.